The highest BCUT2D eigenvalue weighted by Gasteiger charge is 2.37. The molecule has 3 amide bonds. The van der Waals surface area contributed by atoms with Crippen LogP contribution >= 0.6 is 0 Å². The van der Waals surface area contributed by atoms with Crippen LogP contribution in [0.15, 0.2) is 54.9 Å². The molecule has 0 spiro atoms. The molecule has 4 aromatic rings. The molecule has 54 heavy (non-hydrogen) atoms. The number of carbonyl (C=O) groups excluding carboxylic acids is 4. The number of methoxy groups -OCH3 is 1. The van der Waals surface area contributed by atoms with E-state index in [0.717, 1.165) is 77.3 Å². The maximum Gasteiger partial charge on any atom is 0.407 e. The van der Waals surface area contributed by atoms with Gasteiger partial charge < -0.3 is 44.1 Å². The van der Waals surface area contributed by atoms with E-state index in [1.165, 1.54) is 14.0 Å². The minimum Gasteiger partial charge on any atom is -0.493 e. The second-order valence-corrected chi connectivity index (χ2v) is 14.1. The van der Waals surface area contributed by atoms with Gasteiger partial charge in [0.25, 0.3) is 0 Å². The first-order valence-corrected chi connectivity index (χ1v) is 18.8. The smallest absolute Gasteiger partial charge is 0.407 e. The van der Waals surface area contributed by atoms with Crippen molar-refractivity contribution in [2.45, 2.75) is 76.4 Å². The van der Waals surface area contributed by atoms with E-state index < -0.39 is 12.1 Å². The van der Waals surface area contributed by atoms with Crippen LogP contribution in [-0.4, -0.2) is 99.5 Å². The monoisotopic (exact) mass is 737 g/mol. The molecule has 2 fully saturated rings. The Morgan fingerprint density at radius 2 is 1.54 bits per heavy atom. The van der Waals surface area contributed by atoms with Gasteiger partial charge in [0.2, 0.25) is 11.8 Å². The molecule has 2 aromatic carbocycles. The quantitative estimate of drug-likeness (QED) is 0.214. The van der Waals surface area contributed by atoms with Gasteiger partial charge in [-0.2, -0.15) is 0 Å². The summed E-state index contributed by atoms with van der Waals surface area (Å²) in [5.74, 6) is 1.94. The number of aromatic amines is 2. The van der Waals surface area contributed by atoms with Gasteiger partial charge in [0.1, 0.15) is 29.2 Å². The zero-order valence-electron chi connectivity index (χ0n) is 30.8. The van der Waals surface area contributed by atoms with Crippen LogP contribution in [0, 0.1) is 0 Å². The third-order valence-electron chi connectivity index (χ3n) is 10.4. The number of amides is 3. The fraction of sp³-hybridized carbons (Fsp3) is 0.450. The molecule has 2 saturated heterocycles. The zero-order chi connectivity index (χ0) is 37.6. The van der Waals surface area contributed by atoms with Gasteiger partial charge in [0.05, 0.1) is 56.2 Å². The van der Waals surface area contributed by atoms with Gasteiger partial charge in [0, 0.05) is 38.1 Å². The van der Waals surface area contributed by atoms with Crippen molar-refractivity contribution >= 4 is 23.7 Å². The SMILES string of the molecule is COC(=O)N[C@H]1COCCCCOc2cc(-c3ccc(-c4cnc([C@@H]5CCCN5C(=O)CCC(C)=O)[nH]4)cc3)ccc2-c2cnc([nH]2)[C@@H]2CCCN2C1=O. The summed E-state index contributed by atoms with van der Waals surface area (Å²) in [7, 11) is 1.27. The topological polar surface area (TPSA) is 172 Å². The lowest BCUT2D eigenvalue weighted by Crippen LogP contribution is -2.50. The number of H-pyrrole nitrogens is 2. The second kappa shape index (κ2) is 16.7. The van der Waals surface area contributed by atoms with Crippen LogP contribution in [0.2, 0.25) is 0 Å². The van der Waals surface area contributed by atoms with Crippen molar-refractivity contribution in [2.24, 2.45) is 0 Å². The van der Waals surface area contributed by atoms with Gasteiger partial charge in [-0.05, 0) is 74.3 Å². The fourth-order valence-electron chi connectivity index (χ4n) is 7.54. The number of hydrogen-bond donors (Lipinski definition) is 3. The normalized spacial score (nSPS) is 20.6. The number of rotatable bonds is 7. The standard InChI is InChI=1S/C40H47N7O7/c1-25(48)9-16-36(49)46-17-5-7-33(46)37-41-22-30(43-37)27-12-10-26(11-13-27)28-14-15-29-31-23-42-38(44-31)34-8-6-18-47(34)39(50)32(45-40(51)52-2)24-53-19-3-4-20-54-35(29)21-28/h10-15,21-23,32-34H,3-9,16-20,24H2,1-2H3,(H,41,43)(H,42,44)(H,45,51)/t32-,33-,34-/m0/s1. The Kier molecular flexibility index (Phi) is 11.4. The number of alkyl carbamates (subject to hydrolysis) is 1. The Labute approximate surface area is 314 Å². The Hall–Kier alpha value is -5.50. The highest BCUT2D eigenvalue weighted by molar-refractivity contribution is 5.86. The molecule has 3 N–H and O–H groups in total. The predicted molar refractivity (Wildman–Crippen MR) is 199 cm³/mol. The maximum absolute atomic E-state index is 13.7. The number of likely N-dealkylation sites (tertiary alicyclic amines) is 1. The third kappa shape index (κ3) is 8.18. The van der Waals surface area contributed by atoms with E-state index in [0.29, 0.717) is 38.5 Å². The molecule has 0 unspecified atom stereocenters. The molecule has 14 nitrogen and oxygen atoms in total. The third-order valence-corrected chi connectivity index (χ3v) is 10.4. The molecule has 0 aliphatic carbocycles. The number of nitrogens with zero attached hydrogens (tertiary/aromatic N) is 4. The molecule has 14 heteroatoms. The van der Waals surface area contributed by atoms with E-state index in [1.54, 1.807) is 11.1 Å². The molecular weight excluding hydrogens is 690 g/mol. The minimum atomic E-state index is -0.869. The van der Waals surface area contributed by atoms with Gasteiger partial charge in [-0.15, -0.1) is 0 Å². The number of aromatic nitrogens is 4. The van der Waals surface area contributed by atoms with Crippen molar-refractivity contribution in [3.8, 4) is 39.4 Å². The first kappa shape index (κ1) is 36.8. The number of nitrogens with one attached hydrogen (secondary N) is 3. The highest BCUT2D eigenvalue weighted by atomic mass is 16.5. The number of benzene rings is 2. The lowest BCUT2D eigenvalue weighted by molar-refractivity contribution is -0.136. The number of imidazole rings is 2. The molecule has 3 aliphatic heterocycles. The van der Waals surface area contributed by atoms with Crippen molar-refractivity contribution in [3.63, 3.8) is 0 Å². The van der Waals surface area contributed by atoms with Crippen LogP contribution in [0.5, 0.6) is 5.75 Å². The molecule has 284 valence electrons. The Morgan fingerprint density at radius 1 is 0.852 bits per heavy atom. The lowest BCUT2D eigenvalue weighted by Gasteiger charge is -2.28. The first-order valence-electron chi connectivity index (χ1n) is 18.8. The number of ketones is 1. The van der Waals surface area contributed by atoms with Crippen LogP contribution < -0.4 is 10.1 Å². The van der Waals surface area contributed by atoms with Gasteiger partial charge in [0.15, 0.2) is 0 Å². The van der Waals surface area contributed by atoms with Crippen LogP contribution in [0.25, 0.3) is 33.6 Å². The van der Waals surface area contributed by atoms with E-state index in [4.69, 9.17) is 19.2 Å². The number of hydrogen-bond acceptors (Lipinski definition) is 9. The molecular formula is C40H47N7O7. The average Bonchev–Trinajstić information content (AvgIpc) is 4.02. The molecule has 2 bridgehead atoms. The van der Waals surface area contributed by atoms with E-state index in [9.17, 15) is 19.2 Å². The summed E-state index contributed by atoms with van der Waals surface area (Å²) in [5.41, 5.74) is 5.51. The van der Waals surface area contributed by atoms with E-state index in [2.05, 4.69) is 50.6 Å². The van der Waals surface area contributed by atoms with Crippen molar-refractivity contribution in [3.05, 3.63) is 66.5 Å². The molecule has 0 radical (unpaired) electrons. The van der Waals surface area contributed by atoms with Crippen molar-refractivity contribution in [1.82, 2.24) is 35.1 Å². The first-order chi connectivity index (χ1) is 26.3. The van der Waals surface area contributed by atoms with Crippen molar-refractivity contribution in [2.75, 3.05) is 40.0 Å². The van der Waals surface area contributed by atoms with Gasteiger partial charge in [-0.25, -0.2) is 14.8 Å². The van der Waals surface area contributed by atoms with Crippen molar-refractivity contribution < 1.29 is 33.4 Å². The minimum absolute atomic E-state index is 0.00661. The second-order valence-electron chi connectivity index (χ2n) is 14.1. The molecule has 3 aliphatic rings. The van der Waals surface area contributed by atoms with Gasteiger partial charge in [-0.3, -0.25) is 9.59 Å². The van der Waals surface area contributed by atoms with Gasteiger partial charge >= 0.3 is 6.09 Å². The van der Waals surface area contributed by atoms with E-state index in [1.807, 2.05) is 23.2 Å². The highest BCUT2D eigenvalue weighted by Crippen LogP contribution is 2.38. The number of ether oxygens (including phenoxy) is 3. The summed E-state index contributed by atoms with van der Waals surface area (Å²) < 4.78 is 17.0. The summed E-state index contributed by atoms with van der Waals surface area (Å²) in [6, 6.07) is 13.1. The summed E-state index contributed by atoms with van der Waals surface area (Å²) in [6.45, 7) is 3.64. The Balaban J connectivity index is 1.10. The van der Waals surface area contributed by atoms with Crippen LogP contribution in [0.1, 0.15) is 82.0 Å². The summed E-state index contributed by atoms with van der Waals surface area (Å²) in [5, 5.41) is 2.64. The Morgan fingerprint density at radius 3 is 2.33 bits per heavy atom. The van der Waals surface area contributed by atoms with E-state index in [-0.39, 0.29) is 49.1 Å². The number of Topliss-reactive ketones (excluding diaryl/α,β-unsaturated/α-hetero) is 1. The molecule has 2 aromatic heterocycles. The van der Waals surface area contributed by atoms with Crippen LogP contribution in [0.3, 0.4) is 0 Å². The average molecular weight is 738 g/mol. The van der Waals surface area contributed by atoms with Crippen molar-refractivity contribution in [1.29, 1.82) is 0 Å². The van der Waals surface area contributed by atoms with Crippen LogP contribution in [-0.2, 0) is 23.9 Å². The largest absolute Gasteiger partial charge is 0.493 e. The predicted octanol–water partition coefficient (Wildman–Crippen LogP) is 5.74. The number of fused-ring (bicyclic) bond motifs is 6. The van der Waals surface area contributed by atoms with Gasteiger partial charge in [-0.1, -0.05) is 30.3 Å². The maximum atomic E-state index is 13.7. The Bertz CT molecular complexity index is 1970. The fourth-order valence-corrected chi connectivity index (χ4v) is 7.54. The number of carbonyl (C=O) groups is 4. The molecule has 5 heterocycles. The van der Waals surface area contributed by atoms with E-state index >= 15 is 0 Å². The molecule has 7 rings (SSSR count). The summed E-state index contributed by atoms with van der Waals surface area (Å²) >= 11 is 0. The zero-order valence-corrected chi connectivity index (χ0v) is 30.8. The molecule has 0 saturated carbocycles. The lowest BCUT2D eigenvalue weighted by atomic mass is 10.00. The summed E-state index contributed by atoms with van der Waals surface area (Å²) in [6.07, 6.45) is 8.12. The van der Waals surface area contributed by atoms with Crippen LogP contribution in [0.4, 0.5) is 4.79 Å². The summed E-state index contributed by atoms with van der Waals surface area (Å²) in [4.78, 5) is 69.9. The molecule has 3 atom stereocenters.